The van der Waals surface area contributed by atoms with Gasteiger partial charge in [0.1, 0.15) is 0 Å². The lowest BCUT2D eigenvalue weighted by atomic mass is 9.96. The second kappa shape index (κ2) is 8.31. The van der Waals surface area contributed by atoms with Gasteiger partial charge in [0, 0.05) is 28.8 Å². The van der Waals surface area contributed by atoms with Gasteiger partial charge in [-0.1, -0.05) is 42.5 Å². The molecule has 0 radical (unpaired) electrons. The molecule has 4 nitrogen and oxygen atoms in total. The first-order valence-electron chi connectivity index (χ1n) is 9.32. The van der Waals surface area contributed by atoms with Gasteiger partial charge in [-0.25, -0.2) is 0 Å². The molecule has 1 amide bonds. The Morgan fingerprint density at radius 2 is 1.93 bits per heavy atom. The SMILES string of the molecule is Cc1ccccc1C(=O)Nc1cccc2c1C=CC(CCN(C)C)CC2=O. The van der Waals surface area contributed by atoms with Gasteiger partial charge < -0.3 is 10.2 Å². The average molecular weight is 362 g/mol. The first kappa shape index (κ1) is 19.1. The summed E-state index contributed by atoms with van der Waals surface area (Å²) < 4.78 is 0. The summed E-state index contributed by atoms with van der Waals surface area (Å²) in [5.41, 5.74) is 3.73. The molecule has 1 N–H and O–H groups in total. The van der Waals surface area contributed by atoms with Crippen molar-refractivity contribution in [2.24, 2.45) is 5.92 Å². The van der Waals surface area contributed by atoms with Crippen LogP contribution in [0.3, 0.4) is 0 Å². The van der Waals surface area contributed by atoms with Crippen LogP contribution in [-0.2, 0) is 0 Å². The van der Waals surface area contributed by atoms with E-state index in [-0.39, 0.29) is 17.6 Å². The van der Waals surface area contributed by atoms with Crippen LogP contribution in [0.4, 0.5) is 5.69 Å². The Balaban J connectivity index is 1.87. The van der Waals surface area contributed by atoms with Crippen molar-refractivity contribution >= 4 is 23.5 Å². The smallest absolute Gasteiger partial charge is 0.255 e. The number of carbonyl (C=O) groups is 2. The predicted molar refractivity (Wildman–Crippen MR) is 110 cm³/mol. The second-order valence-corrected chi connectivity index (χ2v) is 7.37. The fraction of sp³-hybridized carbons (Fsp3) is 0.304. The lowest BCUT2D eigenvalue weighted by molar-refractivity contribution is 0.0965. The summed E-state index contributed by atoms with van der Waals surface area (Å²) in [5.74, 6) is 0.189. The van der Waals surface area contributed by atoms with Gasteiger partial charge in [0.05, 0.1) is 0 Å². The van der Waals surface area contributed by atoms with Gasteiger partial charge in [-0.15, -0.1) is 0 Å². The van der Waals surface area contributed by atoms with Crippen molar-refractivity contribution in [1.82, 2.24) is 4.90 Å². The van der Waals surface area contributed by atoms with Gasteiger partial charge >= 0.3 is 0 Å². The van der Waals surface area contributed by atoms with Gasteiger partial charge in [0.2, 0.25) is 0 Å². The Bertz CT molecular complexity index is 884. The van der Waals surface area contributed by atoms with Crippen molar-refractivity contribution in [2.75, 3.05) is 26.0 Å². The molecule has 27 heavy (non-hydrogen) atoms. The molecule has 3 rings (SSSR count). The molecule has 4 heteroatoms. The van der Waals surface area contributed by atoms with Crippen molar-refractivity contribution < 1.29 is 9.59 Å². The van der Waals surface area contributed by atoms with Crippen LogP contribution in [0.1, 0.15) is 44.7 Å². The maximum atomic E-state index is 12.8. The Labute approximate surface area is 160 Å². The molecule has 2 aromatic rings. The van der Waals surface area contributed by atoms with E-state index < -0.39 is 0 Å². The molecule has 0 saturated carbocycles. The fourth-order valence-electron chi connectivity index (χ4n) is 3.38. The summed E-state index contributed by atoms with van der Waals surface area (Å²) in [6.45, 7) is 2.86. The maximum absolute atomic E-state index is 12.8. The molecular weight excluding hydrogens is 336 g/mol. The van der Waals surface area contributed by atoms with E-state index in [4.69, 9.17) is 0 Å². The molecule has 0 heterocycles. The summed E-state index contributed by atoms with van der Waals surface area (Å²) in [4.78, 5) is 27.6. The second-order valence-electron chi connectivity index (χ2n) is 7.37. The lowest BCUT2D eigenvalue weighted by Crippen LogP contribution is -2.17. The van der Waals surface area contributed by atoms with Crippen LogP contribution in [0.15, 0.2) is 48.5 Å². The minimum atomic E-state index is -0.157. The number of carbonyl (C=O) groups excluding carboxylic acids is 2. The van der Waals surface area contributed by atoms with Crippen LogP contribution in [0.2, 0.25) is 0 Å². The molecule has 1 atom stereocenters. The van der Waals surface area contributed by atoms with Gasteiger partial charge in [0.25, 0.3) is 5.91 Å². The number of aryl methyl sites for hydroxylation is 1. The third-order valence-electron chi connectivity index (χ3n) is 4.97. The summed E-state index contributed by atoms with van der Waals surface area (Å²) in [6.07, 6.45) is 5.55. The molecule has 0 spiro atoms. The number of allylic oxidation sites excluding steroid dienone is 1. The van der Waals surface area contributed by atoms with Crippen molar-refractivity contribution in [3.05, 3.63) is 70.8 Å². The highest BCUT2D eigenvalue weighted by atomic mass is 16.1. The summed E-state index contributed by atoms with van der Waals surface area (Å²) in [6, 6.07) is 13.0. The molecule has 1 aliphatic rings. The molecule has 0 aromatic heterocycles. The highest BCUT2D eigenvalue weighted by Crippen LogP contribution is 2.29. The van der Waals surface area contributed by atoms with Crippen molar-refractivity contribution in [3.8, 4) is 0 Å². The number of fused-ring (bicyclic) bond motifs is 1. The number of Topliss-reactive ketones (excluding diaryl/α,β-unsaturated/α-hetero) is 1. The lowest BCUT2D eigenvalue weighted by Gasteiger charge is -2.14. The summed E-state index contributed by atoms with van der Waals surface area (Å²) >= 11 is 0. The number of hydrogen-bond donors (Lipinski definition) is 1. The number of hydrogen-bond acceptors (Lipinski definition) is 3. The van der Waals surface area contributed by atoms with Crippen LogP contribution in [0, 0.1) is 12.8 Å². The average Bonchev–Trinajstić information content (AvgIpc) is 2.80. The largest absolute Gasteiger partial charge is 0.321 e. The Morgan fingerprint density at radius 3 is 2.67 bits per heavy atom. The quantitative estimate of drug-likeness (QED) is 0.857. The third kappa shape index (κ3) is 4.52. The van der Waals surface area contributed by atoms with Crippen LogP contribution >= 0.6 is 0 Å². The zero-order valence-electron chi connectivity index (χ0n) is 16.2. The predicted octanol–water partition coefficient (Wildman–Crippen LogP) is 4.41. The highest BCUT2D eigenvalue weighted by molar-refractivity contribution is 6.08. The molecule has 2 aromatic carbocycles. The van der Waals surface area contributed by atoms with Gasteiger partial charge in [-0.3, -0.25) is 9.59 Å². The van der Waals surface area contributed by atoms with Crippen molar-refractivity contribution in [1.29, 1.82) is 0 Å². The summed E-state index contributed by atoms with van der Waals surface area (Å²) in [5, 5.41) is 2.99. The summed E-state index contributed by atoms with van der Waals surface area (Å²) in [7, 11) is 4.08. The first-order valence-corrected chi connectivity index (χ1v) is 9.32. The van der Waals surface area contributed by atoms with E-state index in [0.717, 1.165) is 24.1 Å². The normalized spacial score (nSPS) is 16.1. The molecule has 1 unspecified atom stereocenters. The first-order chi connectivity index (χ1) is 13.0. The van der Waals surface area contributed by atoms with E-state index in [1.54, 1.807) is 0 Å². The number of rotatable bonds is 5. The number of ketones is 1. The minimum absolute atomic E-state index is 0.130. The monoisotopic (exact) mass is 362 g/mol. The van der Waals surface area contributed by atoms with E-state index >= 15 is 0 Å². The highest BCUT2D eigenvalue weighted by Gasteiger charge is 2.21. The number of nitrogens with zero attached hydrogens (tertiary/aromatic N) is 1. The van der Waals surface area contributed by atoms with Gasteiger partial charge in [0.15, 0.2) is 5.78 Å². The minimum Gasteiger partial charge on any atom is -0.321 e. The van der Waals surface area contributed by atoms with Crippen LogP contribution in [0.5, 0.6) is 0 Å². The molecule has 0 aliphatic heterocycles. The van der Waals surface area contributed by atoms with Gasteiger partial charge in [-0.2, -0.15) is 0 Å². The zero-order valence-corrected chi connectivity index (χ0v) is 16.2. The number of benzene rings is 2. The number of anilines is 1. The Morgan fingerprint density at radius 1 is 1.15 bits per heavy atom. The van der Waals surface area contributed by atoms with Crippen LogP contribution in [0.25, 0.3) is 6.08 Å². The van der Waals surface area contributed by atoms with E-state index in [2.05, 4.69) is 16.3 Å². The molecular formula is C23H26N2O2. The Hall–Kier alpha value is -2.72. The van der Waals surface area contributed by atoms with Crippen LogP contribution < -0.4 is 5.32 Å². The van der Waals surface area contributed by atoms with E-state index in [0.29, 0.717) is 23.2 Å². The van der Waals surface area contributed by atoms with Crippen molar-refractivity contribution in [2.45, 2.75) is 19.8 Å². The topological polar surface area (TPSA) is 49.4 Å². The molecule has 0 fully saturated rings. The molecule has 0 saturated heterocycles. The van der Waals surface area contributed by atoms with E-state index in [1.807, 2.05) is 69.6 Å². The standard InChI is InChI=1S/C23H26N2O2/c1-16-7-4-5-8-18(16)23(27)24-21-10-6-9-20-19(21)12-11-17(15-22(20)26)13-14-25(2)3/h4-12,17H,13-15H2,1-3H3,(H,24,27). The van der Waals surface area contributed by atoms with E-state index in [1.165, 1.54) is 0 Å². The number of amides is 1. The maximum Gasteiger partial charge on any atom is 0.255 e. The fourth-order valence-corrected chi connectivity index (χ4v) is 3.38. The molecule has 0 bridgehead atoms. The van der Waals surface area contributed by atoms with Gasteiger partial charge in [-0.05, 0) is 57.6 Å². The molecule has 140 valence electrons. The number of nitrogens with one attached hydrogen (secondary N) is 1. The third-order valence-corrected chi connectivity index (χ3v) is 4.97. The van der Waals surface area contributed by atoms with Crippen LogP contribution in [-0.4, -0.2) is 37.2 Å². The van der Waals surface area contributed by atoms with E-state index in [9.17, 15) is 9.59 Å². The Kier molecular flexibility index (Phi) is 5.87. The molecule has 1 aliphatic carbocycles. The zero-order chi connectivity index (χ0) is 19.4. The van der Waals surface area contributed by atoms with Crippen molar-refractivity contribution in [3.63, 3.8) is 0 Å².